The Balaban J connectivity index is 2.37. The molecule has 16 heavy (non-hydrogen) atoms. The summed E-state index contributed by atoms with van der Waals surface area (Å²) < 4.78 is 0. The zero-order chi connectivity index (χ0) is 11.9. The number of hydrogen-bond acceptors (Lipinski definition) is 4. The third-order valence-corrected chi connectivity index (χ3v) is 3.72. The predicted octanol–water partition coefficient (Wildman–Crippen LogP) is 1.05. The highest BCUT2D eigenvalue weighted by Gasteiger charge is 2.32. The van der Waals surface area contributed by atoms with Gasteiger partial charge in [0.1, 0.15) is 0 Å². The molecule has 1 saturated carbocycles. The number of nitrogens with one attached hydrogen (secondary N) is 1. The summed E-state index contributed by atoms with van der Waals surface area (Å²) in [6.07, 6.45) is 5.02. The van der Waals surface area contributed by atoms with Crippen molar-refractivity contribution in [2.75, 3.05) is 18.1 Å². The van der Waals surface area contributed by atoms with E-state index >= 15 is 0 Å². The second kappa shape index (κ2) is 6.77. The van der Waals surface area contributed by atoms with Crippen LogP contribution in [0.4, 0.5) is 0 Å². The fourth-order valence-electron chi connectivity index (χ4n) is 2.07. The highest BCUT2D eigenvalue weighted by molar-refractivity contribution is 8.00. The minimum Gasteiger partial charge on any atom is -0.394 e. The Morgan fingerprint density at radius 1 is 1.44 bits per heavy atom. The molecule has 1 aliphatic rings. The zero-order valence-corrected chi connectivity index (χ0v) is 10.2. The quantitative estimate of drug-likeness (QED) is 0.707. The van der Waals surface area contributed by atoms with Crippen molar-refractivity contribution in [3.8, 4) is 6.07 Å². The predicted molar refractivity (Wildman–Crippen MR) is 64.0 cm³/mol. The van der Waals surface area contributed by atoms with E-state index in [1.54, 1.807) is 0 Å². The second-order valence-electron chi connectivity index (χ2n) is 4.20. The number of carbonyl (C=O) groups is 1. The molecule has 1 rings (SSSR count). The number of hydrogen-bond donors (Lipinski definition) is 2. The minimum absolute atomic E-state index is 0.0155. The molecule has 4 nitrogen and oxygen atoms in total. The summed E-state index contributed by atoms with van der Waals surface area (Å²) in [4.78, 5) is 11.6. The van der Waals surface area contributed by atoms with E-state index in [-0.39, 0.29) is 12.5 Å². The molecule has 90 valence electrons. The van der Waals surface area contributed by atoms with Crippen molar-refractivity contribution < 1.29 is 9.90 Å². The molecular weight excluding hydrogens is 224 g/mol. The second-order valence-corrected chi connectivity index (χ2v) is 5.18. The summed E-state index contributed by atoms with van der Waals surface area (Å²) in [5, 5.41) is 20.7. The average Bonchev–Trinajstić information content (AvgIpc) is 2.30. The molecule has 0 unspecified atom stereocenters. The van der Waals surface area contributed by atoms with Crippen LogP contribution in [0.3, 0.4) is 0 Å². The van der Waals surface area contributed by atoms with Crippen LogP contribution in [0, 0.1) is 11.3 Å². The van der Waals surface area contributed by atoms with E-state index in [0.29, 0.717) is 11.5 Å². The maximum absolute atomic E-state index is 11.6. The van der Waals surface area contributed by atoms with Gasteiger partial charge in [0.25, 0.3) is 0 Å². The first-order valence-electron chi connectivity index (χ1n) is 5.59. The molecule has 0 bridgehead atoms. The lowest BCUT2D eigenvalue weighted by molar-refractivity contribution is -0.121. The Morgan fingerprint density at radius 3 is 2.69 bits per heavy atom. The van der Waals surface area contributed by atoms with Gasteiger partial charge in [-0.15, -0.1) is 11.8 Å². The molecule has 0 atom stereocenters. The average molecular weight is 242 g/mol. The van der Waals surface area contributed by atoms with Gasteiger partial charge in [-0.1, -0.05) is 19.3 Å². The van der Waals surface area contributed by atoms with Crippen molar-refractivity contribution in [3.05, 3.63) is 0 Å². The van der Waals surface area contributed by atoms with Crippen LogP contribution in [-0.4, -0.2) is 34.7 Å². The minimum atomic E-state index is -0.400. The largest absolute Gasteiger partial charge is 0.394 e. The molecule has 0 saturated heterocycles. The van der Waals surface area contributed by atoms with Gasteiger partial charge in [0.2, 0.25) is 5.91 Å². The number of thioether (sulfide) groups is 1. The Labute approximate surface area is 100 Å². The van der Waals surface area contributed by atoms with Gasteiger partial charge in [-0.2, -0.15) is 5.26 Å². The van der Waals surface area contributed by atoms with Gasteiger partial charge in [0, 0.05) is 0 Å². The van der Waals surface area contributed by atoms with Crippen LogP contribution in [0.2, 0.25) is 0 Å². The summed E-state index contributed by atoms with van der Waals surface area (Å²) in [6.45, 7) is 0.0155. The molecular formula is C11H18N2O2S. The molecule has 1 fully saturated rings. The fraction of sp³-hybridized carbons (Fsp3) is 0.818. The smallest absolute Gasteiger partial charge is 0.230 e. The van der Waals surface area contributed by atoms with Crippen molar-refractivity contribution in [1.29, 1.82) is 5.26 Å². The van der Waals surface area contributed by atoms with E-state index in [1.807, 2.05) is 6.07 Å². The number of amides is 1. The van der Waals surface area contributed by atoms with Gasteiger partial charge < -0.3 is 10.4 Å². The summed E-state index contributed by atoms with van der Waals surface area (Å²) in [6, 6.07) is 1.98. The van der Waals surface area contributed by atoms with Gasteiger partial charge in [0.15, 0.2) is 0 Å². The summed E-state index contributed by atoms with van der Waals surface area (Å²) >= 11 is 1.30. The number of aliphatic hydroxyl groups excluding tert-OH is 1. The Hall–Kier alpha value is -0.730. The van der Waals surface area contributed by atoms with Crippen LogP contribution in [0.5, 0.6) is 0 Å². The van der Waals surface area contributed by atoms with Gasteiger partial charge in [-0.05, 0) is 12.8 Å². The number of carbonyl (C=O) groups excluding carboxylic acids is 1. The molecule has 0 aromatic heterocycles. The fourth-order valence-corrected chi connectivity index (χ4v) is 2.52. The summed E-state index contributed by atoms with van der Waals surface area (Å²) in [7, 11) is 0. The third kappa shape index (κ3) is 4.03. The molecule has 5 heteroatoms. The van der Waals surface area contributed by atoms with Crippen molar-refractivity contribution >= 4 is 17.7 Å². The van der Waals surface area contributed by atoms with Gasteiger partial charge in [-0.25, -0.2) is 0 Å². The van der Waals surface area contributed by atoms with Crippen molar-refractivity contribution in [3.63, 3.8) is 0 Å². The number of nitriles is 1. The van der Waals surface area contributed by atoms with E-state index in [2.05, 4.69) is 5.32 Å². The van der Waals surface area contributed by atoms with Crippen molar-refractivity contribution in [1.82, 2.24) is 5.32 Å². The van der Waals surface area contributed by atoms with Crippen LogP contribution in [0.1, 0.15) is 32.1 Å². The summed E-state index contributed by atoms with van der Waals surface area (Å²) in [5.74, 6) is 0.561. The number of nitrogens with zero attached hydrogens (tertiary/aromatic N) is 1. The maximum atomic E-state index is 11.6. The Bertz CT molecular complexity index is 270. The van der Waals surface area contributed by atoms with E-state index in [9.17, 15) is 9.90 Å². The van der Waals surface area contributed by atoms with Gasteiger partial charge >= 0.3 is 0 Å². The lowest BCUT2D eigenvalue weighted by Gasteiger charge is -2.36. The van der Waals surface area contributed by atoms with E-state index in [4.69, 9.17) is 5.26 Å². The molecule has 0 heterocycles. The maximum Gasteiger partial charge on any atom is 0.230 e. The van der Waals surface area contributed by atoms with Gasteiger partial charge in [-0.3, -0.25) is 4.79 Å². The molecule has 0 radical (unpaired) electrons. The molecule has 0 aromatic rings. The van der Waals surface area contributed by atoms with Crippen LogP contribution >= 0.6 is 11.8 Å². The monoisotopic (exact) mass is 242 g/mol. The van der Waals surface area contributed by atoms with Crippen molar-refractivity contribution in [2.45, 2.75) is 37.6 Å². The van der Waals surface area contributed by atoms with E-state index in [0.717, 1.165) is 25.7 Å². The first kappa shape index (κ1) is 13.3. The third-order valence-electron chi connectivity index (χ3n) is 2.92. The van der Waals surface area contributed by atoms with Gasteiger partial charge in [0.05, 0.1) is 29.7 Å². The topological polar surface area (TPSA) is 73.1 Å². The number of aliphatic hydroxyl groups is 1. The number of rotatable bonds is 5. The molecule has 2 N–H and O–H groups in total. The zero-order valence-electron chi connectivity index (χ0n) is 9.37. The van der Waals surface area contributed by atoms with Crippen LogP contribution < -0.4 is 5.32 Å². The lowest BCUT2D eigenvalue weighted by atomic mass is 9.82. The first-order chi connectivity index (χ1) is 7.72. The highest BCUT2D eigenvalue weighted by atomic mass is 32.2. The van der Waals surface area contributed by atoms with E-state index in [1.165, 1.54) is 18.2 Å². The summed E-state index contributed by atoms with van der Waals surface area (Å²) in [5.41, 5.74) is -0.400. The first-order valence-corrected chi connectivity index (χ1v) is 6.74. The molecule has 1 amide bonds. The normalized spacial score (nSPS) is 18.8. The van der Waals surface area contributed by atoms with Crippen LogP contribution in [0.15, 0.2) is 0 Å². The van der Waals surface area contributed by atoms with Crippen LogP contribution in [-0.2, 0) is 4.79 Å². The standard InChI is InChI=1S/C11H18N2O2S/c12-6-7-16-8-10(15)13-11(9-14)4-2-1-3-5-11/h14H,1-5,7-9H2,(H,13,15). The molecule has 0 spiro atoms. The van der Waals surface area contributed by atoms with E-state index < -0.39 is 5.54 Å². The molecule has 0 aromatic carbocycles. The van der Waals surface area contributed by atoms with Crippen LogP contribution in [0.25, 0.3) is 0 Å². The Morgan fingerprint density at radius 2 is 2.12 bits per heavy atom. The lowest BCUT2D eigenvalue weighted by Crippen LogP contribution is -2.53. The molecule has 0 aliphatic heterocycles. The SMILES string of the molecule is N#CCSCC(=O)NC1(CO)CCCCC1. The Kier molecular flexibility index (Phi) is 5.64. The molecule has 1 aliphatic carbocycles. The highest BCUT2D eigenvalue weighted by Crippen LogP contribution is 2.27. The van der Waals surface area contributed by atoms with Crippen molar-refractivity contribution in [2.24, 2.45) is 0 Å².